The number of aliphatic hydroxyl groups is 1. The molecule has 1 amide bonds. The SMILES string of the molecule is COc1ccc(C#Cc2ccc(C(=O)N3CCC(CO)C3)cc2)cc1. The van der Waals surface area contributed by atoms with E-state index in [2.05, 4.69) is 11.8 Å². The van der Waals surface area contributed by atoms with Crippen molar-refractivity contribution in [2.24, 2.45) is 5.92 Å². The van der Waals surface area contributed by atoms with Gasteiger partial charge >= 0.3 is 0 Å². The van der Waals surface area contributed by atoms with Crippen LogP contribution in [0.25, 0.3) is 0 Å². The average molecular weight is 335 g/mol. The second kappa shape index (κ2) is 7.87. The van der Waals surface area contributed by atoms with Crippen LogP contribution in [0.5, 0.6) is 5.75 Å². The predicted molar refractivity (Wildman–Crippen MR) is 96.5 cm³/mol. The van der Waals surface area contributed by atoms with E-state index in [1.807, 2.05) is 48.5 Å². The highest BCUT2D eigenvalue weighted by Crippen LogP contribution is 2.18. The van der Waals surface area contributed by atoms with Gasteiger partial charge in [0.1, 0.15) is 5.75 Å². The number of hydrogen-bond donors (Lipinski definition) is 1. The van der Waals surface area contributed by atoms with Gasteiger partial charge in [0.15, 0.2) is 0 Å². The second-order valence-corrected chi connectivity index (χ2v) is 6.14. The maximum Gasteiger partial charge on any atom is 0.253 e. The van der Waals surface area contributed by atoms with Gasteiger partial charge in [0.05, 0.1) is 7.11 Å². The molecule has 1 saturated heterocycles. The molecule has 3 rings (SSSR count). The van der Waals surface area contributed by atoms with Crippen molar-refractivity contribution in [1.82, 2.24) is 4.90 Å². The van der Waals surface area contributed by atoms with Crippen LogP contribution >= 0.6 is 0 Å². The zero-order valence-electron chi connectivity index (χ0n) is 14.2. The molecule has 0 radical (unpaired) electrons. The Labute approximate surface area is 148 Å². The summed E-state index contributed by atoms with van der Waals surface area (Å²) < 4.78 is 5.13. The Morgan fingerprint density at radius 2 is 1.72 bits per heavy atom. The van der Waals surface area contributed by atoms with Gasteiger partial charge in [-0.3, -0.25) is 4.79 Å². The van der Waals surface area contributed by atoms with Gasteiger partial charge < -0.3 is 14.7 Å². The van der Waals surface area contributed by atoms with Crippen LogP contribution in [0.2, 0.25) is 0 Å². The smallest absolute Gasteiger partial charge is 0.253 e. The molecule has 2 aromatic carbocycles. The number of carbonyl (C=O) groups excluding carboxylic acids is 1. The number of nitrogens with zero attached hydrogens (tertiary/aromatic N) is 1. The van der Waals surface area contributed by atoms with Crippen molar-refractivity contribution in [3.05, 3.63) is 65.2 Å². The monoisotopic (exact) mass is 335 g/mol. The number of aliphatic hydroxyl groups excluding tert-OH is 1. The summed E-state index contributed by atoms with van der Waals surface area (Å²) in [7, 11) is 1.63. The van der Waals surface area contributed by atoms with Crippen LogP contribution in [0, 0.1) is 17.8 Å². The molecular weight excluding hydrogens is 314 g/mol. The number of rotatable bonds is 3. The number of methoxy groups -OCH3 is 1. The summed E-state index contributed by atoms with van der Waals surface area (Å²) in [4.78, 5) is 14.3. The highest BCUT2D eigenvalue weighted by molar-refractivity contribution is 5.94. The van der Waals surface area contributed by atoms with E-state index in [0.29, 0.717) is 18.7 Å². The van der Waals surface area contributed by atoms with Gasteiger partial charge in [-0.1, -0.05) is 11.8 Å². The summed E-state index contributed by atoms with van der Waals surface area (Å²) in [6.07, 6.45) is 0.869. The highest BCUT2D eigenvalue weighted by Gasteiger charge is 2.26. The lowest BCUT2D eigenvalue weighted by Gasteiger charge is -2.16. The highest BCUT2D eigenvalue weighted by atomic mass is 16.5. The van der Waals surface area contributed by atoms with Crippen molar-refractivity contribution in [3.8, 4) is 17.6 Å². The van der Waals surface area contributed by atoms with Crippen LogP contribution < -0.4 is 4.74 Å². The maximum absolute atomic E-state index is 12.5. The molecule has 25 heavy (non-hydrogen) atoms. The van der Waals surface area contributed by atoms with Gasteiger partial charge in [0.25, 0.3) is 5.91 Å². The van der Waals surface area contributed by atoms with Crippen LogP contribution in [-0.4, -0.2) is 42.7 Å². The van der Waals surface area contributed by atoms with Crippen molar-refractivity contribution in [2.45, 2.75) is 6.42 Å². The second-order valence-electron chi connectivity index (χ2n) is 6.14. The Hall–Kier alpha value is -2.77. The first-order valence-corrected chi connectivity index (χ1v) is 8.36. The van der Waals surface area contributed by atoms with Crippen LogP contribution in [0.4, 0.5) is 0 Å². The Bertz CT molecular complexity index is 785. The standard InChI is InChI=1S/C21H21NO3/c1-25-20-10-6-17(7-11-20)3-2-16-4-8-19(9-5-16)21(24)22-13-12-18(14-22)15-23/h4-11,18,23H,12-15H2,1H3. The zero-order valence-corrected chi connectivity index (χ0v) is 14.2. The quantitative estimate of drug-likeness (QED) is 0.877. The fourth-order valence-electron chi connectivity index (χ4n) is 2.86. The Balaban J connectivity index is 1.66. The fourth-order valence-corrected chi connectivity index (χ4v) is 2.86. The minimum atomic E-state index is 0.0191. The van der Waals surface area contributed by atoms with Gasteiger partial charge in [-0.25, -0.2) is 0 Å². The maximum atomic E-state index is 12.5. The third-order valence-corrected chi connectivity index (χ3v) is 4.40. The molecule has 1 fully saturated rings. The van der Waals surface area contributed by atoms with Gasteiger partial charge in [-0.15, -0.1) is 0 Å². The van der Waals surface area contributed by atoms with E-state index in [-0.39, 0.29) is 18.4 Å². The summed E-state index contributed by atoms with van der Waals surface area (Å²) in [5.41, 5.74) is 2.43. The van der Waals surface area contributed by atoms with E-state index >= 15 is 0 Å². The van der Waals surface area contributed by atoms with Crippen molar-refractivity contribution in [3.63, 3.8) is 0 Å². The third-order valence-electron chi connectivity index (χ3n) is 4.40. The summed E-state index contributed by atoms with van der Waals surface area (Å²) in [5, 5.41) is 9.19. The largest absolute Gasteiger partial charge is 0.497 e. The number of amides is 1. The van der Waals surface area contributed by atoms with E-state index in [0.717, 1.165) is 23.3 Å². The lowest BCUT2D eigenvalue weighted by atomic mass is 10.1. The molecule has 4 heteroatoms. The summed E-state index contributed by atoms with van der Waals surface area (Å²) in [6.45, 7) is 1.49. The molecule has 0 spiro atoms. The molecule has 0 aliphatic carbocycles. The average Bonchev–Trinajstić information content (AvgIpc) is 3.16. The molecule has 1 atom stereocenters. The summed E-state index contributed by atoms with van der Waals surface area (Å²) >= 11 is 0. The molecule has 2 aromatic rings. The molecule has 0 bridgehead atoms. The van der Waals surface area contributed by atoms with Crippen molar-refractivity contribution in [2.75, 3.05) is 26.8 Å². The van der Waals surface area contributed by atoms with Gasteiger partial charge in [-0.05, 0) is 55.0 Å². The molecule has 0 saturated carbocycles. The van der Waals surface area contributed by atoms with Crippen LogP contribution in [0.3, 0.4) is 0 Å². The van der Waals surface area contributed by atoms with Gasteiger partial charge in [0.2, 0.25) is 0 Å². The van der Waals surface area contributed by atoms with Crippen molar-refractivity contribution >= 4 is 5.91 Å². The minimum Gasteiger partial charge on any atom is -0.497 e. The fraction of sp³-hybridized carbons (Fsp3) is 0.286. The Morgan fingerprint density at radius 1 is 1.12 bits per heavy atom. The van der Waals surface area contributed by atoms with Crippen LogP contribution in [-0.2, 0) is 0 Å². The Morgan fingerprint density at radius 3 is 2.24 bits per heavy atom. The summed E-state index contributed by atoms with van der Waals surface area (Å²) in [6, 6.07) is 14.9. The normalized spacial score (nSPS) is 16.2. The van der Waals surface area contributed by atoms with E-state index in [9.17, 15) is 9.90 Å². The predicted octanol–water partition coefficient (Wildman–Crippen LogP) is 2.55. The molecule has 4 nitrogen and oxygen atoms in total. The zero-order chi connectivity index (χ0) is 17.6. The van der Waals surface area contributed by atoms with Gasteiger partial charge in [-0.2, -0.15) is 0 Å². The van der Waals surface area contributed by atoms with Gasteiger partial charge in [0, 0.05) is 42.3 Å². The molecule has 1 heterocycles. The third kappa shape index (κ3) is 4.20. The summed E-state index contributed by atoms with van der Waals surface area (Å²) in [5.74, 6) is 7.23. The first-order chi connectivity index (χ1) is 12.2. The molecule has 1 aliphatic rings. The van der Waals surface area contributed by atoms with E-state index in [4.69, 9.17) is 4.74 Å². The van der Waals surface area contributed by atoms with E-state index in [1.54, 1.807) is 12.0 Å². The van der Waals surface area contributed by atoms with Crippen LogP contribution in [0.15, 0.2) is 48.5 Å². The van der Waals surface area contributed by atoms with E-state index in [1.165, 1.54) is 0 Å². The topological polar surface area (TPSA) is 49.8 Å². The molecular formula is C21H21NO3. The number of benzene rings is 2. The number of hydrogen-bond acceptors (Lipinski definition) is 3. The van der Waals surface area contributed by atoms with Crippen molar-refractivity contribution < 1.29 is 14.6 Å². The first-order valence-electron chi connectivity index (χ1n) is 8.36. The molecule has 1 unspecified atom stereocenters. The lowest BCUT2D eigenvalue weighted by Crippen LogP contribution is -2.29. The molecule has 0 aromatic heterocycles. The first kappa shape index (κ1) is 17.1. The number of carbonyl (C=O) groups is 1. The van der Waals surface area contributed by atoms with Crippen LogP contribution in [0.1, 0.15) is 27.9 Å². The molecule has 1 N–H and O–H groups in total. The van der Waals surface area contributed by atoms with Crippen molar-refractivity contribution in [1.29, 1.82) is 0 Å². The number of ether oxygens (including phenoxy) is 1. The number of likely N-dealkylation sites (tertiary alicyclic amines) is 1. The van der Waals surface area contributed by atoms with E-state index < -0.39 is 0 Å². The minimum absolute atomic E-state index is 0.0191. The molecule has 128 valence electrons. The molecule has 1 aliphatic heterocycles. The Kier molecular flexibility index (Phi) is 5.37. The lowest BCUT2D eigenvalue weighted by molar-refractivity contribution is 0.0782.